The maximum absolute atomic E-state index is 6.48. The summed E-state index contributed by atoms with van der Waals surface area (Å²) < 4.78 is 5.24. The second kappa shape index (κ2) is 5.07. The highest BCUT2D eigenvalue weighted by Crippen LogP contribution is 2.24. The molecule has 17 heavy (non-hydrogen) atoms. The molecule has 94 valence electrons. The van der Waals surface area contributed by atoms with Gasteiger partial charge in [0.2, 0.25) is 0 Å². The van der Waals surface area contributed by atoms with Crippen molar-refractivity contribution in [3.05, 3.63) is 29.8 Å². The van der Waals surface area contributed by atoms with E-state index >= 15 is 0 Å². The summed E-state index contributed by atoms with van der Waals surface area (Å²) >= 11 is 0. The van der Waals surface area contributed by atoms with Crippen LogP contribution in [0, 0.1) is 0 Å². The third-order valence-corrected chi connectivity index (χ3v) is 3.67. The summed E-state index contributed by atoms with van der Waals surface area (Å²) in [4.78, 5) is 2.34. The number of nitrogens with zero attached hydrogens (tertiary/aromatic N) is 1. The predicted molar refractivity (Wildman–Crippen MR) is 70.3 cm³/mol. The van der Waals surface area contributed by atoms with Gasteiger partial charge in [0.15, 0.2) is 0 Å². The molecule has 3 heteroatoms. The molecule has 0 aliphatic carbocycles. The highest BCUT2D eigenvalue weighted by molar-refractivity contribution is 5.29. The monoisotopic (exact) mass is 234 g/mol. The fourth-order valence-electron chi connectivity index (χ4n) is 2.43. The van der Waals surface area contributed by atoms with Crippen LogP contribution in [0.2, 0.25) is 0 Å². The molecule has 0 saturated carbocycles. The Labute approximate surface area is 104 Å². The van der Waals surface area contributed by atoms with E-state index < -0.39 is 0 Å². The maximum atomic E-state index is 6.48. The van der Waals surface area contributed by atoms with Crippen LogP contribution in [0.3, 0.4) is 0 Å². The Morgan fingerprint density at radius 2 is 2.06 bits per heavy atom. The van der Waals surface area contributed by atoms with Crippen molar-refractivity contribution in [2.75, 3.05) is 27.2 Å². The molecule has 2 rings (SSSR count). The van der Waals surface area contributed by atoms with Crippen molar-refractivity contribution >= 4 is 0 Å². The molecule has 0 bridgehead atoms. The molecule has 1 heterocycles. The zero-order valence-electron chi connectivity index (χ0n) is 10.8. The second-order valence-corrected chi connectivity index (χ2v) is 5.19. The van der Waals surface area contributed by atoms with Crippen molar-refractivity contribution in [2.45, 2.75) is 24.8 Å². The Balaban J connectivity index is 2.04. The van der Waals surface area contributed by atoms with Gasteiger partial charge in [-0.2, -0.15) is 0 Å². The standard InChI is InChI=1S/C14H22N2O/c1-16-8-6-14(15,7-9-16)11-12-4-3-5-13(10-12)17-2/h3-5,10H,6-9,11,15H2,1-2H3. The summed E-state index contributed by atoms with van der Waals surface area (Å²) in [7, 11) is 3.86. The largest absolute Gasteiger partial charge is 0.497 e. The number of rotatable bonds is 3. The van der Waals surface area contributed by atoms with E-state index in [9.17, 15) is 0 Å². The van der Waals surface area contributed by atoms with Gasteiger partial charge in [-0.15, -0.1) is 0 Å². The molecule has 2 N–H and O–H groups in total. The molecule has 1 aromatic rings. The van der Waals surface area contributed by atoms with Gasteiger partial charge < -0.3 is 15.4 Å². The topological polar surface area (TPSA) is 38.5 Å². The van der Waals surface area contributed by atoms with Gasteiger partial charge in [-0.25, -0.2) is 0 Å². The van der Waals surface area contributed by atoms with Gasteiger partial charge in [-0.3, -0.25) is 0 Å². The van der Waals surface area contributed by atoms with Crippen molar-refractivity contribution in [3.63, 3.8) is 0 Å². The van der Waals surface area contributed by atoms with Crippen LogP contribution in [-0.4, -0.2) is 37.7 Å². The quantitative estimate of drug-likeness (QED) is 0.864. The number of nitrogens with two attached hydrogens (primary N) is 1. The first-order chi connectivity index (χ1) is 8.11. The molecular weight excluding hydrogens is 212 g/mol. The first-order valence-corrected chi connectivity index (χ1v) is 6.22. The Morgan fingerprint density at radius 3 is 2.71 bits per heavy atom. The Hall–Kier alpha value is -1.06. The third kappa shape index (κ3) is 3.20. The number of hydrogen-bond acceptors (Lipinski definition) is 3. The smallest absolute Gasteiger partial charge is 0.119 e. The lowest BCUT2D eigenvalue weighted by Gasteiger charge is -2.37. The molecule has 1 fully saturated rings. The highest BCUT2D eigenvalue weighted by Gasteiger charge is 2.29. The van der Waals surface area contributed by atoms with Crippen molar-refractivity contribution < 1.29 is 4.74 Å². The fourth-order valence-corrected chi connectivity index (χ4v) is 2.43. The number of hydrogen-bond donors (Lipinski definition) is 1. The summed E-state index contributed by atoms with van der Waals surface area (Å²) in [5, 5.41) is 0. The summed E-state index contributed by atoms with van der Waals surface area (Å²) in [6, 6.07) is 8.23. The molecule has 1 saturated heterocycles. The molecule has 1 aliphatic rings. The molecule has 0 aromatic heterocycles. The molecule has 3 nitrogen and oxygen atoms in total. The van der Waals surface area contributed by atoms with Crippen molar-refractivity contribution in [2.24, 2.45) is 5.73 Å². The van der Waals surface area contributed by atoms with E-state index in [1.54, 1.807) is 7.11 Å². The van der Waals surface area contributed by atoms with Crippen LogP contribution in [-0.2, 0) is 6.42 Å². The lowest BCUT2D eigenvalue weighted by atomic mass is 9.83. The van der Waals surface area contributed by atoms with Crippen LogP contribution >= 0.6 is 0 Å². The van der Waals surface area contributed by atoms with Gasteiger partial charge in [0, 0.05) is 5.54 Å². The van der Waals surface area contributed by atoms with E-state index in [4.69, 9.17) is 10.5 Å². The van der Waals surface area contributed by atoms with E-state index in [-0.39, 0.29) is 5.54 Å². The predicted octanol–water partition coefficient (Wildman–Crippen LogP) is 1.66. The number of piperidine rings is 1. The van der Waals surface area contributed by atoms with Gasteiger partial charge in [0.25, 0.3) is 0 Å². The minimum Gasteiger partial charge on any atom is -0.497 e. The SMILES string of the molecule is COc1cccc(CC2(N)CCN(C)CC2)c1. The second-order valence-electron chi connectivity index (χ2n) is 5.19. The number of benzene rings is 1. The van der Waals surface area contributed by atoms with E-state index in [0.717, 1.165) is 38.1 Å². The van der Waals surface area contributed by atoms with Gasteiger partial charge in [0.1, 0.15) is 5.75 Å². The van der Waals surface area contributed by atoms with Crippen LogP contribution in [0.1, 0.15) is 18.4 Å². The zero-order chi connectivity index (χ0) is 12.3. The number of likely N-dealkylation sites (tertiary alicyclic amines) is 1. The van der Waals surface area contributed by atoms with Crippen molar-refractivity contribution in [1.82, 2.24) is 4.90 Å². The highest BCUT2D eigenvalue weighted by atomic mass is 16.5. The first kappa shape index (κ1) is 12.4. The van der Waals surface area contributed by atoms with Crippen LogP contribution < -0.4 is 10.5 Å². The molecule has 0 spiro atoms. The minimum absolute atomic E-state index is 0.0428. The average Bonchev–Trinajstić information content (AvgIpc) is 2.33. The number of methoxy groups -OCH3 is 1. The van der Waals surface area contributed by atoms with E-state index in [1.165, 1.54) is 5.56 Å². The van der Waals surface area contributed by atoms with Crippen LogP contribution in [0.15, 0.2) is 24.3 Å². The van der Waals surface area contributed by atoms with Crippen LogP contribution in [0.4, 0.5) is 0 Å². The van der Waals surface area contributed by atoms with Crippen LogP contribution in [0.25, 0.3) is 0 Å². The molecule has 0 amide bonds. The van der Waals surface area contributed by atoms with Gasteiger partial charge in [-0.1, -0.05) is 12.1 Å². The molecular formula is C14H22N2O. The van der Waals surface area contributed by atoms with E-state index in [0.29, 0.717) is 0 Å². The Morgan fingerprint density at radius 1 is 1.35 bits per heavy atom. The van der Waals surface area contributed by atoms with Crippen molar-refractivity contribution in [3.8, 4) is 5.75 Å². The van der Waals surface area contributed by atoms with Gasteiger partial charge >= 0.3 is 0 Å². The minimum atomic E-state index is -0.0428. The van der Waals surface area contributed by atoms with E-state index in [1.807, 2.05) is 12.1 Å². The third-order valence-electron chi connectivity index (χ3n) is 3.67. The molecule has 1 aliphatic heterocycles. The lowest BCUT2D eigenvalue weighted by molar-refractivity contribution is 0.190. The maximum Gasteiger partial charge on any atom is 0.119 e. The fraction of sp³-hybridized carbons (Fsp3) is 0.571. The Kier molecular flexibility index (Phi) is 3.69. The summed E-state index contributed by atoms with van der Waals surface area (Å²) in [6.07, 6.45) is 3.08. The van der Waals surface area contributed by atoms with E-state index in [2.05, 4.69) is 24.1 Å². The summed E-state index contributed by atoms with van der Waals surface area (Å²) in [5.41, 5.74) is 7.71. The number of ether oxygens (including phenoxy) is 1. The first-order valence-electron chi connectivity index (χ1n) is 6.22. The van der Waals surface area contributed by atoms with Gasteiger partial charge in [-0.05, 0) is 57.1 Å². The van der Waals surface area contributed by atoms with Crippen molar-refractivity contribution in [1.29, 1.82) is 0 Å². The van der Waals surface area contributed by atoms with Crippen LogP contribution in [0.5, 0.6) is 5.75 Å². The summed E-state index contributed by atoms with van der Waals surface area (Å²) in [5.74, 6) is 0.916. The molecule has 1 aromatic carbocycles. The zero-order valence-corrected chi connectivity index (χ0v) is 10.8. The molecule has 0 radical (unpaired) electrons. The molecule has 0 atom stereocenters. The normalized spacial score (nSPS) is 20.2. The average molecular weight is 234 g/mol. The molecule has 0 unspecified atom stereocenters. The Bertz CT molecular complexity index is 370. The lowest BCUT2D eigenvalue weighted by Crippen LogP contribution is -2.50. The van der Waals surface area contributed by atoms with Gasteiger partial charge in [0.05, 0.1) is 7.11 Å². The summed E-state index contributed by atoms with van der Waals surface area (Å²) in [6.45, 7) is 2.20.